The van der Waals surface area contributed by atoms with Crippen LogP contribution in [0.1, 0.15) is 17.6 Å². The fraction of sp³-hybridized carbons (Fsp3) is 0.333. The van der Waals surface area contributed by atoms with Gasteiger partial charge in [0.05, 0.1) is 10.7 Å². The van der Waals surface area contributed by atoms with E-state index in [2.05, 4.69) is 11.9 Å². The lowest BCUT2D eigenvalue weighted by Gasteiger charge is -1.79. The third-order valence-corrected chi connectivity index (χ3v) is 1.65. The summed E-state index contributed by atoms with van der Waals surface area (Å²) in [6.45, 7) is 7.43. The molecule has 1 aromatic heterocycles. The quantitative estimate of drug-likeness (QED) is 0.557. The van der Waals surface area contributed by atoms with Crippen molar-refractivity contribution in [3.8, 4) is 0 Å². The van der Waals surface area contributed by atoms with Crippen molar-refractivity contribution in [3.63, 3.8) is 0 Å². The Kier molecular flexibility index (Phi) is 1.63. The van der Waals surface area contributed by atoms with Gasteiger partial charge in [0.15, 0.2) is 0 Å². The van der Waals surface area contributed by atoms with Gasteiger partial charge in [0, 0.05) is 12.3 Å². The Balaban J connectivity index is 2.84. The summed E-state index contributed by atoms with van der Waals surface area (Å²) < 4.78 is 0. The van der Waals surface area contributed by atoms with Crippen LogP contribution in [-0.4, -0.2) is 4.98 Å². The minimum Gasteiger partial charge on any atom is -0.246 e. The molecule has 1 nitrogen and oxygen atoms in total. The van der Waals surface area contributed by atoms with Gasteiger partial charge in [0.1, 0.15) is 0 Å². The van der Waals surface area contributed by atoms with Crippen LogP contribution in [0.4, 0.5) is 0 Å². The summed E-state index contributed by atoms with van der Waals surface area (Å²) in [4.78, 5) is 4.03. The van der Waals surface area contributed by atoms with Gasteiger partial charge in [0.2, 0.25) is 0 Å². The van der Waals surface area contributed by atoms with Crippen molar-refractivity contribution < 1.29 is 0 Å². The van der Waals surface area contributed by atoms with E-state index in [9.17, 15) is 0 Å². The number of aryl methyl sites for hydroxylation is 1. The molecule has 0 amide bonds. The summed E-state index contributed by atoms with van der Waals surface area (Å²) >= 11 is 1.50. The Morgan fingerprint density at radius 3 is 2.88 bits per heavy atom. The summed E-state index contributed by atoms with van der Waals surface area (Å²) in [5.41, 5.74) is 1.09. The van der Waals surface area contributed by atoms with Crippen LogP contribution in [-0.2, 0) is 6.42 Å². The Morgan fingerprint density at radius 1 is 1.88 bits per heavy atom. The lowest BCUT2D eigenvalue weighted by atomic mass is 10.4. The number of rotatable bonds is 1. The average Bonchev–Trinajstić information content (AvgIpc) is 2.14. The maximum Gasteiger partial charge on any atom is 0.0973 e. The van der Waals surface area contributed by atoms with Crippen molar-refractivity contribution >= 4 is 11.3 Å². The van der Waals surface area contributed by atoms with E-state index in [0.29, 0.717) is 5.01 Å². The van der Waals surface area contributed by atoms with E-state index < -0.39 is 0 Å². The fourth-order valence-electron chi connectivity index (χ4n) is 0.485. The predicted molar refractivity (Wildman–Crippen MR) is 34.9 cm³/mol. The molecular formula is C6H7NS. The summed E-state index contributed by atoms with van der Waals surface area (Å²) in [6, 6.07) is 0. The van der Waals surface area contributed by atoms with Crippen LogP contribution in [0.25, 0.3) is 0 Å². The van der Waals surface area contributed by atoms with E-state index in [1.165, 1.54) is 11.3 Å². The van der Waals surface area contributed by atoms with E-state index >= 15 is 0 Å². The molecule has 0 aliphatic rings. The zero-order chi connectivity index (χ0) is 5.98. The molecule has 2 radical (unpaired) electrons. The normalized spacial score (nSPS) is 9.75. The fourth-order valence-corrected chi connectivity index (χ4v) is 1.13. The molecule has 0 aromatic carbocycles. The van der Waals surface area contributed by atoms with Crippen LogP contribution in [0, 0.1) is 6.92 Å². The van der Waals surface area contributed by atoms with Gasteiger partial charge in [-0.15, -0.1) is 11.3 Å². The minimum absolute atomic E-state index is 0.668. The van der Waals surface area contributed by atoms with Gasteiger partial charge in [-0.1, -0.05) is 6.92 Å². The molecule has 0 unspecified atom stereocenters. The van der Waals surface area contributed by atoms with Crippen LogP contribution in [0.5, 0.6) is 0 Å². The average molecular weight is 125 g/mol. The zero-order valence-corrected chi connectivity index (χ0v) is 5.53. The zero-order valence-electron chi connectivity index (χ0n) is 4.72. The second kappa shape index (κ2) is 2.27. The van der Waals surface area contributed by atoms with Gasteiger partial charge in [-0.05, 0) is 6.42 Å². The van der Waals surface area contributed by atoms with Gasteiger partial charge in [-0.2, -0.15) is 0 Å². The summed E-state index contributed by atoms with van der Waals surface area (Å²) in [6.07, 6.45) is 0.980. The first-order chi connectivity index (χ1) is 3.83. The molecule has 0 saturated carbocycles. The molecule has 0 aliphatic heterocycles. The Hall–Kier alpha value is -0.370. The minimum atomic E-state index is 0.668. The molecular weight excluding hydrogens is 118 g/mol. The highest BCUT2D eigenvalue weighted by atomic mass is 32.1. The molecule has 1 aromatic rings. The number of hydrogen-bond donors (Lipinski definition) is 0. The topological polar surface area (TPSA) is 12.9 Å². The first-order valence-electron chi connectivity index (χ1n) is 2.53. The standard InChI is InChI=1S/C6H7NS/c1-3-6-4-8-5(2)7-6/h2,4H,3H2,1H3. The van der Waals surface area contributed by atoms with Gasteiger partial charge in [-0.3, -0.25) is 0 Å². The Morgan fingerprint density at radius 2 is 2.62 bits per heavy atom. The maximum absolute atomic E-state index is 5.36. The lowest BCUT2D eigenvalue weighted by molar-refractivity contribution is 1.06. The van der Waals surface area contributed by atoms with Crippen molar-refractivity contribution in [2.75, 3.05) is 0 Å². The number of nitrogens with zero attached hydrogens (tertiary/aromatic N) is 1. The Labute approximate surface area is 53.4 Å². The van der Waals surface area contributed by atoms with Crippen LogP contribution in [0.3, 0.4) is 0 Å². The first kappa shape index (κ1) is 5.76. The van der Waals surface area contributed by atoms with Crippen LogP contribution in [0.15, 0.2) is 5.38 Å². The monoisotopic (exact) mass is 125 g/mol. The van der Waals surface area contributed by atoms with Crippen LogP contribution >= 0.6 is 11.3 Å². The molecule has 0 bridgehead atoms. The smallest absolute Gasteiger partial charge is 0.0973 e. The lowest BCUT2D eigenvalue weighted by Crippen LogP contribution is -1.76. The van der Waals surface area contributed by atoms with E-state index in [1.807, 2.05) is 5.38 Å². The maximum atomic E-state index is 5.36. The van der Waals surface area contributed by atoms with E-state index in [1.54, 1.807) is 0 Å². The largest absolute Gasteiger partial charge is 0.246 e. The van der Waals surface area contributed by atoms with Crippen LogP contribution in [0.2, 0.25) is 0 Å². The van der Waals surface area contributed by atoms with Crippen LogP contribution < -0.4 is 0 Å². The molecule has 2 heteroatoms. The third-order valence-electron chi connectivity index (χ3n) is 0.932. The van der Waals surface area contributed by atoms with Gasteiger partial charge in [0.25, 0.3) is 0 Å². The van der Waals surface area contributed by atoms with Crippen molar-refractivity contribution in [2.24, 2.45) is 0 Å². The Bertz CT molecular complexity index is 169. The molecule has 0 saturated heterocycles. The molecule has 0 atom stereocenters. The van der Waals surface area contributed by atoms with Crippen molar-refractivity contribution in [1.82, 2.24) is 4.98 Å². The highest BCUT2D eigenvalue weighted by molar-refractivity contribution is 7.09. The van der Waals surface area contributed by atoms with Gasteiger partial charge in [-0.25, -0.2) is 4.98 Å². The highest BCUT2D eigenvalue weighted by Crippen LogP contribution is 2.07. The van der Waals surface area contributed by atoms with E-state index in [0.717, 1.165) is 12.1 Å². The molecule has 0 N–H and O–H groups in total. The van der Waals surface area contributed by atoms with Gasteiger partial charge < -0.3 is 0 Å². The van der Waals surface area contributed by atoms with E-state index in [-0.39, 0.29) is 0 Å². The third kappa shape index (κ3) is 1.07. The SMILES string of the molecule is [CH]c1nc(CC)cs1. The summed E-state index contributed by atoms with van der Waals surface area (Å²) in [7, 11) is 0. The van der Waals surface area contributed by atoms with Crippen molar-refractivity contribution in [2.45, 2.75) is 13.3 Å². The second-order valence-electron chi connectivity index (χ2n) is 1.53. The molecule has 42 valence electrons. The predicted octanol–water partition coefficient (Wildman–Crippen LogP) is 1.76. The summed E-state index contributed by atoms with van der Waals surface area (Å²) in [5.74, 6) is 0. The number of thiazole rings is 1. The molecule has 0 fully saturated rings. The number of aromatic nitrogens is 1. The van der Waals surface area contributed by atoms with Gasteiger partial charge >= 0.3 is 0 Å². The summed E-state index contributed by atoms with van der Waals surface area (Å²) in [5, 5.41) is 2.65. The molecule has 1 rings (SSSR count). The van der Waals surface area contributed by atoms with Crippen molar-refractivity contribution in [1.29, 1.82) is 0 Å². The number of hydrogen-bond acceptors (Lipinski definition) is 2. The second-order valence-corrected chi connectivity index (χ2v) is 2.42. The molecule has 0 spiro atoms. The molecule has 1 heterocycles. The highest BCUT2D eigenvalue weighted by Gasteiger charge is 1.91. The molecule has 8 heavy (non-hydrogen) atoms. The first-order valence-corrected chi connectivity index (χ1v) is 3.40. The molecule has 0 aliphatic carbocycles. The van der Waals surface area contributed by atoms with Crippen molar-refractivity contribution in [3.05, 3.63) is 23.0 Å². The van der Waals surface area contributed by atoms with E-state index in [4.69, 9.17) is 6.92 Å².